The molecular weight excluding hydrogens is 70.0 g/mol. The van der Waals surface area contributed by atoms with Gasteiger partial charge in [-0.1, -0.05) is 0 Å². The van der Waals surface area contributed by atoms with Crippen LogP contribution >= 0.6 is 0 Å². The zero-order valence-electron chi connectivity index (χ0n) is 2.56. The van der Waals surface area contributed by atoms with Crippen LogP contribution in [-0.2, 0) is 4.79 Å². The van der Waals surface area contributed by atoms with Gasteiger partial charge in [-0.2, -0.15) is 0 Å². The third kappa shape index (κ3) is 11.4. The molecule has 0 aromatic rings. The van der Waals surface area contributed by atoms with Gasteiger partial charge in [0, 0.05) is 0 Å². The van der Waals surface area contributed by atoms with E-state index in [0.717, 1.165) is 6.08 Å². The summed E-state index contributed by atoms with van der Waals surface area (Å²) in [6.07, 6.45) is 0.750. The normalized spacial score (nSPS) is 2.80. The van der Waals surface area contributed by atoms with Crippen LogP contribution in [0.4, 0.5) is 0 Å². The van der Waals surface area contributed by atoms with Gasteiger partial charge in [-0.05, 0) is 0 Å². The van der Waals surface area contributed by atoms with E-state index in [0.29, 0.717) is 0 Å². The Hall–Kier alpha value is -0.700. The molecule has 0 aliphatic rings. The lowest BCUT2D eigenvalue weighted by atomic mass is 11.7. The van der Waals surface area contributed by atoms with Crippen LogP contribution in [0.15, 0.2) is 0 Å². The molecule has 0 bridgehead atoms. The summed E-state index contributed by atoms with van der Waals surface area (Å²) in [4.78, 5) is 8.35. The average molecular weight is 75.1 g/mol. The Morgan fingerprint density at radius 1 is 1.60 bits per heavy atom. The molecule has 4 nitrogen and oxygen atoms in total. The number of hydrazine groups is 1. The lowest BCUT2D eigenvalue weighted by molar-refractivity contribution is 0.563. The Morgan fingerprint density at radius 2 is 1.60 bits per heavy atom. The fourth-order valence-corrected chi connectivity index (χ4v) is 0. The molecule has 0 atom stereocenters. The Morgan fingerprint density at radius 3 is 1.60 bits per heavy atom. The summed E-state index contributed by atoms with van der Waals surface area (Å²) >= 11 is 0. The van der Waals surface area contributed by atoms with E-state index in [1.807, 2.05) is 0 Å². The number of isocyanates is 1. The van der Waals surface area contributed by atoms with Gasteiger partial charge in [-0.3, -0.25) is 11.7 Å². The van der Waals surface area contributed by atoms with Crippen molar-refractivity contribution in [2.45, 2.75) is 0 Å². The number of hydrogen-bond acceptors (Lipinski definition) is 4. The van der Waals surface area contributed by atoms with Crippen LogP contribution < -0.4 is 11.7 Å². The number of rotatable bonds is 0. The maximum absolute atomic E-state index is 8.35. The first kappa shape index (κ1) is 8.85. The highest BCUT2D eigenvalue weighted by Crippen LogP contribution is 0.868. The quantitative estimate of drug-likeness (QED) is 0.145. The molecular formula is CH5N3O. The molecule has 0 aromatic heterocycles. The van der Waals surface area contributed by atoms with Crippen molar-refractivity contribution in [2.75, 3.05) is 0 Å². The monoisotopic (exact) mass is 75.0 g/mol. The van der Waals surface area contributed by atoms with Gasteiger partial charge in [0.2, 0.25) is 6.08 Å². The standard InChI is InChI=1S/CHNO.H4N2/c2-1-3;1-2/h2H;1-2H2. The highest BCUT2D eigenvalue weighted by Gasteiger charge is 1.03. The zero-order valence-corrected chi connectivity index (χ0v) is 2.56. The maximum Gasteiger partial charge on any atom is 0.231 e. The molecule has 0 amide bonds. The van der Waals surface area contributed by atoms with E-state index in [1.165, 1.54) is 0 Å². The van der Waals surface area contributed by atoms with Crippen molar-refractivity contribution in [1.29, 1.82) is 5.41 Å². The molecule has 0 heterocycles. The minimum atomic E-state index is 0.750. The topological polar surface area (TPSA) is 93.0 Å². The molecule has 0 aliphatic heterocycles. The van der Waals surface area contributed by atoms with Gasteiger partial charge in [-0.25, -0.2) is 10.2 Å². The van der Waals surface area contributed by atoms with Crippen LogP contribution in [0.3, 0.4) is 0 Å². The van der Waals surface area contributed by atoms with Gasteiger partial charge < -0.3 is 0 Å². The van der Waals surface area contributed by atoms with Gasteiger partial charge in [0.1, 0.15) is 0 Å². The number of nitrogens with one attached hydrogen (secondary N) is 1. The Labute approximate surface area is 29.2 Å². The van der Waals surface area contributed by atoms with E-state index in [9.17, 15) is 0 Å². The van der Waals surface area contributed by atoms with Crippen molar-refractivity contribution < 1.29 is 4.79 Å². The molecule has 0 saturated carbocycles. The summed E-state index contributed by atoms with van der Waals surface area (Å²) in [5, 5.41) is 5.40. The number of nitrogens with two attached hydrogens (primary N) is 2. The Kier molecular flexibility index (Phi) is 343. The van der Waals surface area contributed by atoms with Crippen LogP contribution in [0.1, 0.15) is 0 Å². The minimum Gasteiger partial charge on any atom is -0.274 e. The van der Waals surface area contributed by atoms with Crippen LogP contribution in [0.2, 0.25) is 0 Å². The Balaban J connectivity index is 0. The molecule has 5 heavy (non-hydrogen) atoms. The average Bonchev–Trinajstić information content (AvgIpc) is 1.46. The highest BCUT2D eigenvalue weighted by molar-refractivity contribution is 5.26. The largest absolute Gasteiger partial charge is 0.274 e. The second kappa shape index (κ2) is 194. The molecule has 0 fully saturated rings. The minimum absolute atomic E-state index is 0.750. The van der Waals surface area contributed by atoms with Crippen molar-refractivity contribution in [3.63, 3.8) is 0 Å². The summed E-state index contributed by atoms with van der Waals surface area (Å²) in [6.45, 7) is 0. The van der Waals surface area contributed by atoms with E-state index in [1.54, 1.807) is 0 Å². The van der Waals surface area contributed by atoms with Crippen LogP contribution in [0, 0.1) is 5.41 Å². The Bertz CT molecular complexity index is 27.9. The molecule has 0 radical (unpaired) electrons. The van der Waals surface area contributed by atoms with Gasteiger partial charge in [-0.15, -0.1) is 0 Å². The van der Waals surface area contributed by atoms with Crippen molar-refractivity contribution in [1.82, 2.24) is 0 Å². The van der Waals surface area contributed by atoms with Gasteiger partial charge >= 0.3 is 0 Å². The molecule has 0 aromatic carbocycles. The van der Waals surface area contributed by atoms with Crippen molar-refractivity contribution in [3.8, 4) is 0 Å². The molecule has 0 saturated heterocycles. The van der Waals surface area contributed by atoms with E-state index >= 15 is 0 Å². The molecule has 30 valence electrons. The first-order valence-electron chi connectivity index (χ1n) is 0.787. The summed E-state index contributed by atoms with van der Waals surface area (Å²) in [5.74, 6) is 8.00. The smallest absolute Gasteiger partial charge is 0.231 e. The maximum atomic E-state index is 8.35. The SMILES string of the molecule is N=C=O.NN. The number of hydrogen-bond donors (Lipinski definition) is 3. The van der Waals surface area contributed by atoms with E-state index in [2.05, 4.69) is 11.7 Å². The van der Waals surface area contributed by atoms with E-state index in [-0.39, 0.29) is 0 Å². The molecule has 0 spiro atoms. The lowest BCUT2D eigenvalue weighted by Crippen LogP contribution is -2.02. The molecule has 0 unspecified atom stereocenters. The predicted octanol–water partition coefficient (Wildman–Crippen LogP) is -1.28. The second-order valence-corrected chi connectivity index (χ2v) is 0.102. The van der Waals surface area contributed by atoms with Gasteiger partial charge in [0.15, 0.2) is 0 Å². The second-order valence-electron chi connectivity index (χ2n) is 0.102. The fourth-order valence-electron chi connectivity index (χ4n) is 0. The summed E-state index contributed by atoms with van der Waals surface area (Å²) in [7, 11) is 0. The van der Waals surface area contributed by atoms with Gasteiger partial charge in [0.25, 0.3) is 0 Å². The van der Waals surface area contributed by atoms with Crippen molar-refractivity contribution in [2.24, 2.45) is 11.7 Å². The van der Waals surface area contributed by atoms with Crippen molar-refractivity contribution in [3.05, 3.63) is 0 Å². The van der Waals surface area contributed by atoms with E-state index < -0.39 is 0 Å². The molecule has 0 aliphatic carbocycles. The van der Waals surface area contributed by atoms with Crippen LogP contribution in [0.5, 0.6) is 0 Å². The van der Waals surface area contributed by atoms with E-state index in [4.69, 9.17) is 10.2 Å². The third-order valence-electron chi connectivity index (χ3n) is 0. The summed E-state index contributed by atoms with van der Waals surface area (Å²) in [5.41, 5.74) is 0. The first-order valence-corrected chi connectivity index (χ1v) is 0.787. The predicted molar refractivity (Wildman–Crippen MR) is 16.8 cm³/mol. The molecule has 0 rings (SSSR count). The zero-order chi connectivity index (χ0) is 4.71. The number of carbonyl (C=O) groups excluding carboxylic acids is 1. The molecule has 5 N–H and O–H groups in total. The highest BCUT2D eigenvalue weighted by atomic mass is 16.1. The fraction of sp³-hybridized carbons (Fsp3) is 0. The van der Waals surface area contributed by atoms with Crippen LogP contribution in [0.25, 0.3) is 0 Å². The first-order chi connectivity index (χ1) is 2.41. The van der Waals surface area contributed by atoms with Gasteiger partial charge in [0.05, 0.1) is 0 Å². The van der Waals surface area contributed by atoms with Crippen molar-refractivity contribution >= 4 is 6.08 Å². The summed E-state index contributed by atoms with van der Waals surface area (Å²) < 4.78 is 0. The lowest BCUT2D eigenvalue weighted by Gasteiger charge is -1.27. The third-order valence-corrected chi connectivity index (χ3v) is 0. The van der Waals surface area contributed by atoms with Crippen LogP contribution in [-0.4, -0.2) is 6.08 Å². The summed E-state index contributed by atoms with van der Waals surface area (Å²) in [6, 6.07) is 0. The molecule has 4 heteroatoms.